The van der Waals surface area contributed by atoms with Gasteiger partial charge in [-0.05, 0) is 30.2 Å². The van der Waals surface area contributed by atoms with Crippen LogP contribution in [0.25, 0.3) is 0 Å². The Kier molecular flexibility index (Phi) is 5.56. The minimum absolute atomic E-state index is 0.0229. The summed E-state index contributed by atoms with van der Waals surface area (Å²) in [6, 6.07) is 14.7. The number of carbonyl (C=O) groups excluding carboxylic acids is 1. The van der Waals surface area contributed by atoms with Crippen molar-refractivity contribution in [3.63, 3.8) is 0 Å². The maximum atomic E-state index is 12.5. The predicted molar refractivity (Wildman–Crippen MR) is 94.6 cm³/mol. The first-order valence-electron chi connectivity index (χ1n) is 8.45. The second kappa shape index (κ2) is 8.03. The molecule has 1 N–H and O–H groups in total. The molecule has 0 bridgehead atoms. The Balaban J connectivity index is 1.67. The van der Waals surface area contributed by atoms with Crippen molar-refractivity contribution in [1.29, 1.82) is 0 Å². The standard InChI is InChI=1S/C20H23NO4/c1-24-18-9-10-21(13-18)20(23)12-16-11-17(22)7-8-19(16)25-14-15-5-3-2-4-6-15/h2-8,11,18,22H,9-10,12-14H2,1H3. The SMILES string of the molecule is COC1CCN(C(=O)Cc2cc(O)ccc2OCc2ccccc2)C1. The predicted octanol–water partition coefficient (Wildman–Crippen LogP) is 2.76. The highest BCUT2D eigenvalue weighted by Gasteiger charge is 2.26. The molecule has 0 saturated carbocycles. The molecule has 1 amide bonds. The van der Waals surface area contributed by atoms with Gasteiger partial charge in [-0.1, -0.05) is 30.3 Å². The summed E-state index contributed by atoms with van der Waals surface area (Å²) >= 11 is 0. The summed E-state index contributed by atoms with van der Waals surface area (Å²) in [4.78, 5) is 14.4. The monoisotopic (exact) mass is 341 g/mol. The minimum atomic E-state index is 0.0229. The molecule has 1 unspecified atom stereocenters. The van der Waals surface area contributed by atoms with Crippen LogP contribution in [0.15, 0.2) is 48.5 Å². The highest BCUT2D eigenvalue weighted by Crippen LogP contribution is 2.26. The van der Waals surface area contributed by atoms with Crippen LogP contribution >= 0.6 is 0 Å². The highest BCUT2D eigenvalue weighted by molar-refractivity contribution is 5.80. The van der Waals surface area contributed by atoms with Crippen LogP contribution in [0, 0.1) is 0 Å². The fourth-order valence-corrected chi connectivity index (χ4v) is 3.00. The van der Waals surface area contributed by atoms with Crippen molar-refractivity contribution < 1.29 is 19.4 Å². The molecule has 1 atom stereocenters. The number of amides is 1. The van der Waals surface area contributed by atoms with Gasteiger partial charge in [-0.15, -0.1) is 0 Å². The molecule has 1 aliphatic heterocycles. The number of phenols is 1. The molecule has 2 aromatic carbocycles. The zero-order valence-corrected chi connectivity index (χ0v) is 14.4. The molecule has 2 aromatic rings. The van der Waals surface area contributed by atoms with Crippen LogP contribution in [0.5, 0.6) is 11.5 Å². The van der Waals surface area contributed by atoms with E-state index < -0.39 is 0 Å². The van der Waals surface area contributed by atoms with E-state index >= 15 is 0 Å². The Morgan fingerprint density at radius 2 is 2.04 bits per heavy atom. The fraction of sp³-hybridized carbons (Fsp3) is 0.350. The van der Waals surface area contributed by atoms with Gasteiger partial charge in [0.05, 0.1) is 12.5 Å². The fourth-order valence-electron chi connectivity index (χ4n) is 3.00. The van der Waals surface area contributed by atoms with E-state index in [1.54, 1.807) is 30.2 Å². The van der Waals surface area contributed by atoms with Crippen LogP contribution < -0.4 is 4.74 Å². The topological polar surface area (TPSA) is 59.0 Å². The zero-order valence-electron chi connectivity index (χ0n) is 14.4. The Bertz CT molecular complexity index is 717. The lowest BCUT2D eigenvalue weighted by atomic mass is 10.1. The largest absolute Gasteiger partial charge is 0.508 e. The molecule has 132 valence electrons. The normalized spacial score (nSPS) is 16.8. The molecule has 0 aromatic heterocycles. The van der Waals surface area contributed by atoms with Crippen LogP contribution in [-0.4, -0.2) is 42.2 Å². The van der Waals surface area contributed by atoms with E-state index in [4.69, 9.17) is 9.47 Å². The van der Waals surface area contributed by atoms with E-state index in [1.165, 1.54) is 0 Å². The van der Waals surface area contributed by atoms with Crippen molar-refractivity contribution in [3.05, 3.63) is 59.7 Å². The van der Waals surface area contributed by atoms with E-state index in [2.05, 4.69) is 0 Å². The maximum absolute atomic E-state index is 12.5. The second-order valence-corrected chi connectivity index (χ2v) is 6.23. The number of benzene rings is 2. The first kappa shape index (κ1) is 17.3. The van der Waals surface area contributed by atoms with E-state index in [1.807, 2.05) is 30.3 Å². The number of carbonyl (C=O) groups is 1. The van der Waals surface area contributed by atoms with Crippen LogP contribution in [-0.2, 0) is 22.6 Å². The Hall–Kier alpha value is -2.53. The highest BCUT2D eigenvalue weighted by atomic mass is 16.5. The third kappa shape index (κ3) is 4.51. The first-order valence-corrected chi connectivity index (χ1v) is 8.45. The summed E-state index contributed by atoms with van der Waals surface area (Å²) in [6.07, 6.45) is 1.18. The van der Waals surface area contributed by atoms with Gasteiger partial charge in [0.2, 0.25) is 5.91 Å². The van der Waals surface area contributed by atoms with Gasteiger partial charge >= 0.3 is 0 Å². The molecule has 1 aliphatic rings. The van der Waals surface area contributed by atoms with Crippen LogP contribution in [0.1, 0.15) is 17.5 Å². The first-order chi connectivity index (χ1) is 12.2. The van der Waals surface area contributed by atoms with Crippen molar-refractivity contribution in [2.75, 3.05) is 20.2 Å². The van der Waals surface area contributed by atoms with Gasteiger partial charge in [-0.3, -0.25) is 4.79 Å². The summed E-state index contributed by atoms with van der Waals surface area (Å²) in [7, 11) is 1.67. The molecule has 1 heterocycles. The summed E-state index contributed by atoms with van der Waals surface area (Å²) in [5, 5.41) is 9.78. The quantitative estimate of drug-likeness (QED) is 0.878. The molecule has 0 spiro atoms. The maximum Gasteiger partial charge on any atom is 0.227 e. The summed E-state index contributed by atoms with van der Waals surface area (Å²) in [6.45, 7) is 1.74. The number of nitrogens with zero attached hydrogens (tertiary/aromatic N) is 1. The Morgan fingerprint density at radius 1 is 1.24 bits per heavy atom. The lowest BCUT2D eigenvalue weighted by Gasteiger charge is -2.18. The molecular formula is C20H23NO4. The van der Waals surface area contributed by atoms with Gasteiger partial charge in [0.15, 0.2) is 0 Å². The number of phenolic OH excluding ortho intramolecular Hbond substituents is 1. The molecule has 5 nitrogen and oxygen atoms in total. The Morgan fingerprint density at radius 3 is 2.76 bits per heavy atom. The molecular weight excluding hydrogens is 318 g/mol. The van der Waals surface area contributed by atoms with Gasteiger partial charge in [0.25, 0.3) is 0 Å². The molecule has 0 radical (unpaired) electrons. The summed E-state index contributed by atoms with van der Waals surface area (Å²) in [5.41, 5.74) is 1.75. The van der Waals surface area contributed by atoms with Gasteiger partial charge in [-0.25, -0.2) is 0 Å². The third-order valence-corrected chi connectivity index (χ3v) is 4.45. The number of likely N-dealkylation sites (tertiary alicyclic amines) is 1. The zero-order chi connectivity index (χ0) is 17.6. The van der Waals surface area contributed by atoms with E-state index in [-0.39, 0.29) is 24.2 Å². The van der Waals surface area contributed by atoms with E-state index in [9.17, 15) is 9.90 Å². The molecule has 1 fully saturated rings. The van der Waals surface area contributed by atoms with Gasteiger partial charge in [-0.2, -0.15) is 0 Å². The smallest absolute Gasteiger partial charge is 0.227 e. The molecule has 0 aliphatic carbocycles. The van der Waals surface area contributed by atoms with Crippen molar-refractivity contribution in [2.24, 2.45) is 0 Å². The average molecular weight is 341 g/mol. The van der Waals surface area contributed by atoms with Crippen molar-refractivity contribution in [3.8, 4) is 11.5 Å². The summed E-state index contributed by atoms with van der Waals surface area (Å²) in [5.74, 6) is 0.776. The number of aromatic hydroxyl groups is 1. The lowest BCUT2D eigenvalue weighted by Crippen LogP contribution is -2.31. The second-order valence-electron chi connectivity index (χ2n) is 6.23. The van der Waals surface area contributed by atoms with Gasteiger partial charge in [0, 0.05) is 25.8 Å². The van der Waals surface area contributed by atoms with Crippen molar-refractivity contribution in [2.45, 2.75) is 25.6 Å². The average Bonchev–Trinajstić information content (AvgIpc) is 3.11. The minimum Gasteiger partial charge on any atom is -0.508 e. The number of ether oxygens (including phenoxy) is 2. The Labute approximate surface area is 147 Å². The van der Waals surface area contributed by atoms with Gasteiger partial charge in [0.1, 0.15) is 18.1 Å². The van der Waals surface area contributed by atoms with Gasteiger partial charge < -0.3 is 19.5 Å². The van der Waals surface area contributed by atoms with Crippen molar-refractivity contribution in [1.82, 2.24) is 4.90 Å². The molecule has 3 rings (SSSR count). The van der Waals surface area contributed by atoms with E-state index in [0.717, 1.165) is 12.0 Å². The molecule has 1 saturated heterocycles. The summed E-state index contributed by atoms with van der Waals surface area (Å²) < 4.78 is 11.2. The van der Waals surface area contributed by atoms with Crippen LogP contribution in [0.4, 0.5) is 0 Å². The van der Waals surface area contributed by atoms with Crippen LogP contribution in [0.3, 0.4) is 0 Å². The number of rotatable bonds is 6. The molecule has 25 heavy (non-hydrogen) atoms. The third-order valence-electron chi connectivity index (χ3n) is 4.45. The van der Waals surface area contributed by atoms with Crippen molar-refractivity contribution >= 4 is 5.91 Å². The lowest BCUT2D eigenvalue weighted by molar-refractivity contribution is -0.129. The van der Waals surface area contributed by atoms with E-state index in [0.29, 0.717) is 31.0 Å². The number of hydrogen-bond acceptors (Lipinski definition) is 4. The van der Waals surface area contributed by atoms with Crippen LogP contribution in [0.2, 0.25) is 0 Å². The molecule has 5 heteroatoms. The number of methoxy groups -OCH3 is 1. The number of hydrogen-bond donors (Lipinski definition) is 1.